The molecular weight excluding hydrogens is 234 g/mol. The minimum Gasteiger partial charge on any atom is -0.370 e. The van der Waals surface area contributed by atoms with Crippen molar-refractivity contribution >= 4 is 17.8 Å². The molecule has 0 aromatic heterocycles. The molecule has 18 heavy (non-hydrogen) atoms. The summed E-state index contributed by atoms with van der Waals surface area (Å²) in [7, 11) is 0. The molecule has 4 amide bonds. The maximum Gasteiger partial charge on any atom is 0.325 e. The van der Waals surface area contributed by atoms with Crippen LogP contribution in [0.1, 0.15) is 44.9 Å². The molecule has 2 rings (SSSR count). The van der Waals surface area contributed by atoms with E-state index in [1.165, 1.54) is 0 Å². The Labute approximate surface area is 106 Å². The third-order valence-corrected chi connectivity index (χ3v) is 3.78. The van der Waals surface area contributed by atoms with Gasteiger partial charge in [0.25, 0.3) is 5.91 Å². The van der Waals surface area contributed by atoms with Gasteiger partial charge in [0.2, 0.25) is 5.91 Å². The quantitative estimate of drug-likeness (QED) is 0.717. The number of urea groups is 1. The number of imide groups is 1. The Bertz CT molecular complexity index is 373. The van der Waals surface area contributed by atoms with Crippen LogP contribution in [0.4, 0.5) is 4.79 Å². The first-order valence-corrected chi connectivity index (χ1v) is 6.48. The zero-order valence-corrected chi connectivity index (χ0v) is 10.4. The summed E-state index contributed by atoms with van der Waals surface area (Å²) in [6.07, 6.45) is 5.54. The SMILES string of the molecule is NC(=O)CCN1C(=O)NC2(CCCCCC2)C1=O. The van der Waals surface area contributed by atoms with E-state index in [9.17, 15) is 14.4 Å². The van der Waals surface area contributed by atoms with Gasteiger partial charge in [0.15, 0.2) is 0 Å². The van der Waals surface area contributed by atoms with E-state index in [0.717, 1.165) is 30.6 Å². The Kier molecular flexibility index (Phi) is 3.54. The zero-order valence-electron chi connectivity index (χ0n) is 10.4. The molecule has 6 heteroatoms. The predicted molar refractivity (Wildman–Crippen MR) is 64.5 cm³/mol. The molecule has 2 aliphatic rings. The molecule has 0 unspecified atom stereocenters. The summed E-state index contributed by atoms with van der Waals surface area (Å²) in [6, 6.07) is -0.386. The molecule has 1 saturated carbocycles. The number of hydrogen-bond donors (Lipinski definition) is 2. The van der Waals surface area contributed by atoms with E-state index < -0.39 is 11.4 Å². The number of primary amides is 1. The van der Waals surface area contributed by atoms with Crippen molar-refractivity contribution in [1.82, 2.24) is 10.2 Å². The van der Waals surface area contributed by atoms with Crippen molar-refractivity contribution in [3.8, 4) is 0 Å². The molecule has 0 aromatic carbocycles. The molecule has 1 saturated heterocycles. The van der Waals surface area contributed by atoms with E-state index in [-0.39, 0.29) is 24.9 Å². The molecule has 6 nitrogen and oxygen atoms in total. The largest absolute Gasteiger partial charge is 0.370 e. The maximum absolute atomic E-state index is 12.3. The predicted octanol–water partition coefficient (Wildman–Crippen LogP) is 0.507. The Morgan fingerprint density at radius 3 is 2.39 bits per heavy atom. The Morgan fingerprint density at radius 1 is 1.22 bits per heavy atom. The number of hydrogen-bond acceptors (Lipinski definition) is 3. The molecule has 3 N–H and O–H groups in total. The monoisotopic (exact) mass is 253 g/mol. The van der Waals surface area contributed by atoms with Gasteiger partial charge in [-0.1, -0.05) is 25.7 Å². The van der Waals surface area contributed by atoms with Crippen LogP contribution in [-0.4, -0.2) is 34.8 Å². The van der Waals surface area contributed by atoms with Gasteiger partial charge in [-0.15, -0.1) is 0 Å². The molecule has 0 radical (unpaired) electrons. The number of amides is 4. The van der Waals surface area contributed by atoms with Gasteiger partial charge in [-0.3, -0.25) is 14.5 Å². The first kappa shape index (κ1) is 12.9. The standard InChI is InChI=1S/C12H19N3O3/c13-9(16)5-8-15-10(17)12(14-11(15)18)6-3-1-2-4-7-12/h1-8H2,(H2,13,16)(H,14,18). The fourth-order valence-electron chi connectivity index (χ4n) is 2.77. The third kappa shape index (κ3) is 2.32. The highest BCUT2D eigenvalue weighted by molar-refractivity contribution is 6.07. The van der Waals surface area contributed by atoms with Crippen molar-refractivity contribution in [2.24, 2.45) is 5.73 Å². The van der Waals surface area contributed by atoms with Crippen molar-refractivity contribution in [3.63, 3.8) is 0 Å². The molecule has 2 fully saturated rings. The second-order valence-corrected chi connectivity index (χ2v) is 5.10. The average molecular weight is 253 g/mol. The molecule has 100 valence electrons. The average Bonchev–Trinajstić information content (AvgIpc) is 2.49. The van der Waals surface area contributed by atoms with E-state index in [1.807, 2.05) is 0 Å². The highest BCUT2D eigenvalue weighted by atomic mass is 16.2. The lowest BCUT2D eigenvalue weighted by Crippen LogP contribution is -2.46. The number of rotatable bonds is 3. The van der Waals surface area contributed by atoms with Crippen LogP contribution in [0.5, 0.6) is 0 Å². The van der Waals surface area contributed by atoms with Gasteiger partial charge in [0, 0.05) is 13.0 Å². The van der Waals surface area contributed by atoms with Crippen molar-refractivity contribution in [2.75, 3.05) is 6.54 Å². The summed E-state index contributed by atoms with van der Waals surface area (Å²) >= 11 is 0. The maximum atomic E-state index is 12.3. The Balaban J connectivity index is 2.09. The summed E-state index contributed by atoms with van der Waals surface area (Å²) in [5.74, 6) is -0.687. The van der Waals surface area contributed by atoms with Gasteiger partial charge >= 0.3 is 6.03 Å². The number of nitrogens with one attached hydrogen (secondary N) is 1. The van der Waals surface area contributed by atoms with Crippen LogP contribution in [0.15, 0.2) is 0 Å². The van der Waals surface area contributed by atoms with Gasteiger partial charge in [0.05, 0.1) is 0 Å². The summed E-state index contributed by atoms with van der Waals surface area (Å²) in [4.78, 5) is 36.1. The lowest BCUT2D eigenvalue weighted by molar-refractivity contribution is -0.132. The lowest BCUT2D eigenvalue weighted by Gasteiger charge is -2.24. The first-order chi connectivity index (χ1) is 8.55. The summed E-state index contributed by atoms with van der Waals surface area (Å²) in [6.45, 7) is 0.0851. The molecule has 1 aliphatic heterocycles. The Hall–Kier alpha value is -1.59. The highest BCUT2D eigenvalue weighted by Gasteiger charge is 2.50. The minimum atomic E-state index is -0.717. The number of nitrogens with two attached hydrogens (primary N) is 1. The summed E-state index contributed by atoms with van der Waals surface area (Å²) < 4.78 is 0. The molecule has 1 spiro atoms. The third-order valence-electron chi connectivity index (χ3n) is 3.78. The van der Waals surface area contributed by atoms with E-state index >= 15 is 0 Å². The minimum absolute atomic E-state index is 0.0231. The second-order valence-electron chi connectivity index (χ2n) is 5.10. The topological polar surface area (TPSA) is 92.5 Å². The van der Waals surface area contributed by atoms with Crippen LogP contribution in [0.2, 0.25) is 0 Å². The summed E-state index contributed by atoms with van der Waals surface area (Å²) in [5, 5.41) is 2.82. The lowest BCUT2D eigenvalue weighted by atomic mass is 9.90. The molecule has 0 aromatic rings. The fraction of sp³-hybridized carbons (Fsp3) is 0.750. The van der Waals surface area contributed by atoms with Gasteiger partial charge in [-0.2, -0.15) is 0 Å². The van der Waals surface area contributed by atoms with Crippen LogP contribution >= 0.6 is 0 Å². The number of carbonyl (C=O) groups is 3. The molecular formula is C12H19N3O3. The van der Waals surface area contributed by atoms with Gasteiger partial charge in [-0.05, 0) is 12.8 Å². The molecule has 1 heterocycles. The highest BCUT2D eigenvalue weighted by Crippen LogP contribution is 2.32. The zero-order chi connectivity index (χ0) is 13.2. The van der Waals surface area contributed by atoms with Crippen molar-refractivity contribution in [3.05, 3.63) is 0 Å². The van der Waals surface area contributed by atoms with Crippen LogP contribution in [0.25, 0.3) is 0 Å². The van der Waals surface area contributed by atoms with Crippen LogP contribution in [-0.2, 0) is 9.59 Å². The van der Waals surface area contributed by atoms with Crippen LogP contribution < -0.4 is 11.1 Å². The fourth-order valence-corrected chi connectivity index (χ4v) is 2.77. The first-order valence-electron chi connectivity index (χ1n) is 6.48. The smallest absolute Gasteiger partial charge is 0.325 e. The summed E-state index contributed by atoms with van der Waals surface area (Å²) in [5.41, 5.74) is 4.33. The van der Waals surface area contributed by atoms with E-state index in [0.29, 0.717) is 12.8 Å². The molecule has 1 aliphatic carbocycles. The number of nitrogens with zero attached hydrogens (tertiary/aromatic N) is 1. The van der Waals surface area contributed by atoms with Gasteiger partial charge in [-0.25, -0.2) is 4.79 Å². The van der Waals surface area contributed by atoms with Crippen molar-refractivity contribution < 1.29 is 14.4 Å². The van der Waals surface area contributed by atoms with Crippen molar-refractivity contribution in [2.45, 2.75) is 50.5 Å². The van der Waals surface area contributed by atoms with Crippen molar-refractivity contribution in [1.29, 1.82) is 0 Å². The second kappa shape index (κ2) is 4.96. The Morgan fingerprint density at radius 2 is 1.83 bits per heavy atom. The molecule has 0 bridgehead atoms. The van der Waals surface area contributed by atoms with Gasteiger partial charge < -0.3 is 11.1 Å². The normalized spacial score (nSPS) is 23.0. The number of carbonyl (C=O) groups excluding carboxylic acids is 3. The van der Waals surface area contributed by atoms with E-state index in [1.54, 1.807) is 0 Å². The van der Waals surface area contributed by atoms with E-state index in [2.05, 4.69) is 5.32 Å². The molecule has 0 atom stereocenters. The van der Waals surface area contributed by atoms with Crippen LogP contribution in [0.3, 0.4) is 0 Å². The van der Waals surface area contributed by atoms with Crippen LogP contribution in [0, 0.1) is 0 Å². The van der Waals surface area contributed by atoms with Gasteiger partial charge in [0.1, 0.15) is 5.54 Å². The van der Waals surface area contributed by atoms with E-state index in [4.69, 9.17) is 5.73 Å².